The summed E-state index contributed by atoms with van der Waals surface area (Å²) in [5, 5.41) is 0. The maximum absolute atomic E-state index is 6.13. The molecule has 0 saturated carbocycles. The molecule has 1 heterocycles. The molecule has 2 rings (SSSR count). The van der Waals surface area contributed by atoms with E-state index in [1.807, 2.05) is 30.3 Å². The number of hydrogen-bond donors (Lipinski definition) is 0. The van der Waals surface area contributed by atoms with Crippen LogP contribution in [-0.4, -0.2) is 19.8 Å². The number of unbranched alkanes of at least 4 members (excludes halogenated alkanes) is 6. The van der Waals surface area contributed by atoms with E-state index in [4.69, 9.17) is 14.2 Å². The first-order valence-corrected chi connectivity index (χ1v) is 9.35. The van der Waals surface area contributed by atoms with E-state index < -0.39 is 0 Å². The second-order valence-electron chi connectivity index (χ2n) is 6.51. The van der Waals surface area contributed by atoms with E-state index in [1.54, 1.807) is 7.11 Å². The van der Waals surface area contributed by atoms with Gasteiger partial charge in [-0.05, 0) is 37.8 Å². The molecule has 0 N–H and O–H groups in total. The van der Waals surface area contributed by atoms with Crippen molar-refractivity contribution in [3.63, 3.8) is 0 Å². The van der Waals surface area contributed by atoms with Crippen molar-refractivity contribution in [2.45, 2.75) is 70.2 Å². The highest BCUT2D eigenvalue weighted by Crippen LogP contribution is 2.29. The number of benzene rings is 1. The third-order valence-electron chi connectivity index (χ3n) is 4.60. The lowest BCUT2D eigenvalue weighted by molar-refractivity contribution is -0.218. The standard InChI is InChI=1S/C21H32O3/c1-3-4-5-6-7-8-9-10-11-20-16-17-23-21(24-20)18-12-14-19(22-2)15-13-18/h3,12-15,20-21H,1,4-11,16-17H2,2H3/t20-,21?/m1/s1. The van der Waals surface area contributed by atoms with Crippen LogP contribution in [0.5, 0.6) is 5.75 Å². The van der Waals surface area contributed by atoms with E-state index in [0.717, 1.165) is 37.2 Å². The largest absolute Gasteiger partial charge is 0.497 e. The van der Waals surface area contributed by atoms with Crippen LogP contribution in [0, 0.1) is 0 Å². The van der Waals surface area contributed by atoms with E-state index in [1.165, 1.54) is 38.5 Å². The van der Waals surface area contributed by atoms with Gasteiger partial charge in [0.15, 0.2) is 6.29 Å². The Balaban J connectivity index is 1.63. The van der Waals surface area contributed by atoms with Crippen molar-refractivity contribution in [3.05, 3.63) is 42.5 Å². The normalized spacial score (nSPS) is 20.7. The van der Waals surface area contributed by atoms with E-state index in [0.29, 0.717) is 6.10 Å². The molecule has 1 fully saturated rings. The van der Waals surface area contributed by atoms with Crippen LogP contribution in [0.4, 0.5) is 0 Å². The number of rotatable bonds is 11. The number of ether oxygens (including phenoxy) is 3. The van der Waals surface area contributed by atoms with Crippen LogP contribution in [0.25, 0.3) is 0 Å². The lowest BCUT2D eigenvalue weighted by Crippen LogP contribution is -2.26. The van der Waals surface area contributed by atoms with Crippen LogP contribution in [-0.2, 0) is 9.47 Å². The highest BCUT2D eigenvalue weighted by molar-refractivity contribution is 5.27. The second kappa shape index (κ2) is 11.3. The summed E-state index contributed by atoms with van der Waals surface area (Å²) >= 11 is 0. The second-order valence-corrected chi connectivity index (χ2v) is 6.51. The molecule has 24 heavy (non-hydrogen) atoms. The van der Waals surface area contributed by atoms with Gasteiger partial charge in [0.1, 0.15) is 5.75 Å². The van der Waals surface area contributed by atoms with Gasteiger partial charge in [-0.1, -0.05) is 50.3 Å². The summed E-state index contributed by atoms with van der Waals surface area (Å²) in [6.45, 7) is 4.55. The Labute approximate surface area is 147 Å². The van der Waals surface area contributed by atoms with E-state index >= 15 is 0 Å². The van der Waals surface area contributed by atoms with Gasteiger partial charge >= 0.3 is 0 Å². The fourth-order valence-electron chi connectivity index (χ4n) is 3.10. The van der Waals surface area contributed by atoms with Gasteiger partial charge in [-0.25, -0.2) is 0 Å². The van der Waals surface area contributed by atoms with Gasteiger partial charge in [-0.3, -0.25) is 0 Å². The fraction of sp³-hybridized carbons (Fsp3) is 0.619. The predicted octanol–water partition coefficient (Wildman–Crippen LogP) is 5.81. The third kappa shape index (κ3) is 6.66. The average Bonchev–Trinajstić information content (AvgIpc) is 2.64. The number of hydrogen-bond acceptors (Lipinski definition) is 3. The van der Waals surface area contributed by atoms with Crippen LogP contribution < -0.4 is 4.74 Å². The lowest BCUT2D eigenvalue weighted by Gasteiger charge is -2.30. The van der Waals surface area contributed by atoms with Crippen molar-refractivity contribution in [2.24, 2.45) is 0 Å². The molecule has 0 spiro atoms. The molecule has 1 aromatic carbocycles. The van der Waals surface area contributed by atoms with Crippen molar-refractivity contribution >= 4 is 0 Å². The maximum Gasteiger partial charge on any atom is 0.184 e. The summed E-state index contributed by atoms with van der Waals surface area (Å²) < 4.78 is 17.1. The first kappa shape index (κ1) is 19.0. The molecule has 1 unspecified atom stereocenters. The van der Waals surface area contributed by atoms with Crippen molar-refractivity contribution in [3.8, 4) is 5.75 Å². The van der Waals surface area contributed by atoms with Gasteiger partial charge in [0, 0.05) is 5.56 Å². The van der Waals surface area contributed by atoms with E-state index in [-0.39, 0.29) is 6.29 Å². The topological polar surface area (TPSA) is 27.7 Å². The SMILES string of the molecule is C=CCCCCCCCC[C@@H]1CCOC(c2ccc(OC)cc2)O1. The molecule has 0 aromatic heterocycles. The quantitative estimate of drug-likeness (QED) is 0.378. The Morgan fingerprint density at radius 2 is 1.79 bits per heavy atom. The van der Waals surface area contributed by atoms with Crippen molar-refractivity contribution in [1.29, 1.82) is 0 Å². The molecule has 1 saturated heterocycles. The molecule has 1 aliphatic heterocycles. The Kier molecular flexibility index (Phi) is 8.93. The summed E-state index contributed by atoms with van der Waals surface area (Å²) in [4.78, 5) is 0. The Morgan fingerprint density at radius 3 is 2.50 bits per heavy atom. The van der Waals surface area contributed by atoms with Crippen LogP contribution in [0.15, 0.2) is 36.9 Å². The molecule has 134 valence electrons. The van der Waals surface area contributed by atoms with Crippen LogP contribution in [0.2, 0.25) is 0 Å². The Hall–Kier alpha value is -1.32. The van der Waals surface area contributed by atoms with Gasteiger partial charge < -0.3 is 14.2 Å². The van der Waals surface area contributed by atoms with Crippen LogP contribution >= 0.6 is 0 Å². The van der Waals surface area contributed by atoms with Crippen LogP contribution in [0.1, 0.15) is 69.6 Å². The zero-order chi connectivity index (χ0) is 17.0. The van der Waals surface area contributed by atoms with Gasteiger partial charge in [-0.2, -0.15) is 0 Å². The lowest BCUT2D eigenvalue weighted by atomic mass is 10.0. The number of allylic oxidation sites excluding steroid dienone is 1. The average molecular weight is 332 g/mol. The van der Waals surface area contributed by atoms with Gasteiger partial charge in [-0.15, -0.1) is 6.58 Å². The zero-order valence-corrected chi connectivity index (χ0v) is 15.0. The molecule has 0 radical (unpaired) electrons. The van der Waals surface area contributed by atoms with Gasteiger partial charge in [0.2, 0.25) is 0 Å². The third-order valence-corrected chi connectivity index (χ3v) is 4.60. The highest BCUT2D eigenvalue weighted by Gasteiger charge is 2.23. The molecule has 0 amide bonds. The molecule has 1 aromatic rings. The predicted molar refractivity (Wildman–Crippen MR) is 98.3 cm³/mol. The minimum absolute atomic E-state index is 0.228. The first-order chi connectivity index (χ1) is 11.8. The van der Waals surface area contributed by atoms with E-state index in [2.05, 4.69) is 6.58 Å². The highest BCUT2D eigenvalue weighted by atomic mass is 16.7. The van der Waals surface area contributed by atoms with Gasteiger partial charge in [0.05, 0.1) is 19.8 Å². The minimum atomic E-state index is -0.228. The molecule has 0 aliphatic carbocycles. The monoisotopic (exact) mass is 332 g/mol. The van der Waals surface area contributed by atoms with Crippen LogP contribution in [0.3, 0.4) is 0 Å². The maximum atomic E-state index is 6.13. The smallest absolute Gasteiger partial charge is 0.184 e. The fourth-order valence-corrected chi connectivity index (χ4v) is 3.10. The zero-order valence-electron chi connectivity index (χ0n) is 15.0. The molecule has 2 atom stereocenters. The Morgan fingerprint density at radius 1 is 1.08 bits per heavy atom. The molecule has 3 nitrogen and oxygen atoms in total. The number of methoxy groups -OCH3 is 1. The van der Waals surface area contributed by atoms with Crippen molar-refractivity contribution in [1.82, 2.24) is 0 Å². The molecular weight excluding hydrogens is 300 g/mol. The summed E-state index contributed by atoms with van der Waals surface area (Å²) in [5.41, 5.74) is 1.07. The van der Waals surface area contributed by atoms with Crippen molar-refractivity contribution < 1.29 is 14.2 Å². The summed E-state index contributed by atoms with van der Waals surface area (Å²) in [6, 6.07) is 7.96. The molecule has 3 heteroatoms. The summed E-state index contributed by atoms with van der Waals surface area (Å²) in [6.07, 6.45) is 13.3. The Bertz CT molecular complexity index is 455. The first-order valence-electron chi connectivity index (χ1n) is 9.35. The molecular formula is C21H32O3. The van der Waals surface area contributed by atoms with Gasteiger partial charge in [0.25, 0.3) is 0 Å². The molecule has 0 bridgehead atoms. The van der Waals surface area contributed by atoms with E-state index in [9.17, 15) is 0 Å². The minimum Gasteiger partial charge on any atom is -0.497 e. The van der Waals surface area contributed by atoms with Crippen molar-refractivity contribution in [2.75, 3.05) is 13.7 Å². The summed E-state index contributed by atoms with van der Waals surface area (Å²) in [7, 11) is 1.68. The summed E-state index contributed by atoms with van der Waals surface area (Å²) in [5.74, 6) is 0.860. The molecule has 1 aliphatic rings.